The third-order valence-electron chi connectivity index (χ3n) is 4.47. The maximum absolute atomic E-state index is 12.4. The quantitative estimate of drug-likeness (QED) is 0.880. The number of hydrogen-bond acceptors (Lipinski definition) is 4. The highest BCUT2D eigenvalue weighted by Gasteiger charge is 2.28. The fourth-order valence-electron chi connectivity index (χ4n) is 3.18. The van der Waals surface area contributed by atoms with Gasteiger partial charge in [-0.3, -0.25) is 9.59 Å². The van der Waals surface area contributed by atoms with Crippen LogP contribution in [0, 0.1) is 13.8 Å². The van der Waals surface area contributed by atoms with Gasteiger partial charge in [0.1, 0.15) is 12.4 Å². The molecular weight excluding hydrogens is 344 g/mol. The molecule has 0 spiro atoms. The van der Waals surface area contributed by atoms with Crippen molar-refractivity contribution < 1.29 is 19.1 Å². The molecule has 1 fully saturated rings. The molecule has 1 saturated heterocycles. The average Bonchev–Trinajstić information content (AvgIpc) is 2.66. The summed E-state index contributed by atoms with van der Waals surface area (Å²) >= 11 is 0. The van der Waals surface area contributed by atoms with E-state index in [0.717, 1.165) is 16.8 Å². The van der Waals surface area contributed by atoms with Crippen molar-refractivity contribution in [3.63, 3.8) is 0 Å². The van der Waals surface area contributed by atoms with Gasteiger partial charge in [-0.2, -0.15) is 0 Å². The van der Waals surface area contributed by atoms with Crippen LogP contribution in [0.4, 0.5) is 5.69 Å². The van der Waals surface area contributed by atoms with Gasteiger partial charge in [0.2, 0.25) is 0 Å². The molecule has 1 unspecified atom stereocenters. The normalized spacial score (nSPS) is 16.9. The second kappa shape index (κ2) is 8.22. The Morgan fingerprint density at radius 1 is 1.22 bits per heavy atom. The third kappa shape index (κ3) is 4.65. The highest BCUT2D eigenvalue weighted by molar-refractivity contribution is 5.96. The highest BCUT2D eigenvalue weighted by Crippen LogP contribution is 2.22. The van der Waals surface area contributed by atoms with Crippen LogP contribution < -0.4 is 15.0 Å². The lowest BCUT2D eigenvalue weighted by Gasteiger charge is -2.33. The van der Waals surface area contributed by atoms with Gasteiger partial charge in [0, 0.05) is 17.8 Å². The van der Waals surface area contributed by atoms with Gasteiger partial charge in [0.15, 0.2) is 0 Å². The molecule has 0 saturated carbocycles. The van der Waals surface area contributed by atoms with Crippen molar-refractivity contribution in [2.24, 2.45) is 0 Å². The van der Waals surface area contributed by atoms with E-state index in [9.17, 15) is 9.59 Å². The standard InChI is InChI=1S/C21H24N2O4/c1-14-7-15(2)9-17(8-14)23-12-19(27-13-20(23)24)11-22-21(25)16-5-4-6-18(10-16)26-3/h4-10,19H,11-13H2,1-3H3,(H,22,25). The van der Waals surface area contributed by atoms with E-state index in [4.69, 9.17) is 9.47 Å². The number of morpholine rings is 1. The molecule has 0 radical (unpaired) electrons. The zero-order chi connectivity index (χ0) is 19.4. The number of methoxy groups -OCH3 is 1. The molecule has 1 aliphatic heterocycles. The number of anilines is 1. The summed E-state index contributed by atoms with van der Waals surface area (Å²) in [5.41, 5.74) is 3.59. The molecular formula is C21H24N2O4. The van der Waals surface area contributed by atoms with Crippen LogP contribution in [0.5, 0.6) is 5.75 Å². The third-order valence-corrected chi connectivity index (χ3v) is 4.47. The number of rotatable bonds is 5. The average molecular weight is 368 g/mol. The van der Waals surface area contributed by atoms with E-state index in [1.165, 1.54) is 0 Å². The molecule has 0 aromatic heterocycles. The van der Waals surface area contributed by atoms with Crippen molar-refractivity contribution in [2.75, 3.05) is 31.7 Å². The van der Waals surface area contributed by atoms with Crippen LogP contribution in [0.15, 0.2) is 42.5 Å². The first kappa shape index (κ1) is 18.9. The molecule has 27 heavy (non-hydrogen) atoms. The van der Waals surface area contributed by atoms with Gasteiger partial charge in [0.05, 0.1) is 19.8 Å². The molecule has 142 valence electrons. The molecule has 2 aromatic carbocycles. The summed E-state index contributed by atoms with van der Waals surface area (Å²) < 4.78 is 10.7. The first-order chi connectivity index (χ1) is 13.0. The fraction of sp³-hybridized carbons (Fsp3) is 0.333. The van der Waals surface area contributed by atoms with Gasteiger partial charge < -0.3 is 19.7 Å². The number of nitrogens with zero attached hydrogens (tertiary/aromatic N) is 1. The van der Waals surface area contributed by atoms with Gasteiger partial charge in [0.25, 0.3) is 11.8 Å². The Balaban J connectivity index is 1.64. The number of nitrogens with one attached hydrogen (secondary N) is 1. The lowest BCUT2D eigenvalue weighted by molar-refractivity contribution is -0.129. The van der Waals surface area contributed by atoms with E-state index in [2.05, 4.69) is 11.4 Å². The number of benzene rings is 2. The molecule has 1 heterocycles. The van der Waals surface area contributed by atoms with Crippen molar-refractivity contribution >= 4 is 17.5 Å². The van der Waals surface area contributed by atoms with Crippen LogP contribution >= 0.6 is 0 Å². The number of ether oxygens (including phenoxy) is 2. The summed E-state index contributed by atoms with van der Waals surface area (Å²) in [5, 5.41) is 2.87. The molecule has 3 rings (SSSR count). The Morgan fingerprint density at radius 2 is 1.96 bits per heavy atom. The maximum atomic E-state index is 12.4. The van der Waals surface area contributed by atoms with Crippen LogP contribution in [0.25, 0.3) is 0 Å². The first-order valence-corrected chi connectivity index (χ1v) is 8.89. The zero-order valence-corrected chi connectivity index (χ0v) is 15.8. The Bertz CT molecular complexity index is 830. The first-order valence-electron chi connectivity index (χ1n) is 8.89. The van der Waals surface area contributed by atoms with Crippen LogP contribution in [0.2, 0.25) is 0 Å². The van der Waals surface area contributed by atoms with Crippen LogP contribution in [-0.4, -0.2) is 44.7 Å². The highest BCUT2D eigenvalue weighted by atomic mass is 16.5. The van der Waals surface area contributed by atoms with E-state index < -0.39 is 0 Å². The number of amides is 2. The number of aryl methyl sites for hydroxylation is 2. The predicted molar refractivity (Wildman–Crippen MR) is 103 cm³/mol. The minimum atomic E-state index is -0.266. The number of hydrogen-bond donors (Lipinski definition) is 1. The lowest BCUT2D eigenvalue weighted by atomic mass is 10.1. The molecule has 0 aliphatic carbocycles. The van der Waals surface area contributed by atoms with Crippen LogP contribution in [0.1, 0.15) is 21.5 Å². The molecule has 6 nitrogen and oxygen atoms in total. The van der Waals surface area contributed by atoms with Crippen molar-refractivity contribution in [3.8, 4) is 5.75 Å². The monoisotopic (exact) mass is 368 g/mol. The Kier molecular flexibility index (Phi) is 5.76. The summed E-state index contributed by atoms with van der Waals surface area (Å²) in [4.78, 5) is 26.4. The fourth-order valence-corrected chi connectivity index (χ4v) is 3.18. The van der Waals surface area contributed by atoms with E-state index in [-0.39, 0.29) is 24.5 Å². The minimum Gasteiger partial charge on any atom is -0.497 e. The van der Waals surface area contributed by atoms with E-state index in [1.807, 2.05) is 26.0 Å². The van der Waals surface area contributed by atoms with Crippen LogP contribution in [0.3, 0.4) is 0 Å². The molecule has 2 aromatic rings. The Hall–Kier alpha value is -2.86. The lowest BCUT2D eigenvalue weighted by Crippen LogP contribution is -2.50. The molecule has 2 amide bonds. The van der Waals surface area contributed by atoms with Crippen LogP contribution in [-0.2, 0) is 9.53 Å². The molecule has 1 aliphatic rings. The van der Waals surface area contributed by atoms with Gasteiger partial charge in [-0.15, -0.1) is 0 Å². The summed E-state index contributed by atoms with van der Waals surface area (Å²) in [6.07, 6.45) is -0.266. The molecule has 1 N–H and O–H groups in total. The van der Waals surface area contributed by atoms with Gasteiger partial charge in [-0.1, -0.05) is 12.1 Å². The van der Waals surface area contributed by atoms with E-state index in [1.54, 1.807) is 36.3 Å². The van der Waals surface area contributed by atoms with Crippen molar-refractivity contribution in [1.82, 2.24) is 5.32 Å². The smallest absolute Gasteiger partial charge is 0.253 e. The van der Waals surface area contributed by atoms with Gasteiger partial charge >= 0.3 is 0 Å². The van der Waals surface area contributed by atoms with Crippen molar-refractivity contribution in [1.29, 1.82) is 0 Å². The largest absolute Gasteiger partial charge is 0.497 e. The van der Waals surface area contributed by atoms with Crippen molar-refractivity contribution in [3.05, 3.63) is 59.2 Å². The topological polar surface area (TPSA) is 67.9 Å². The van der Waals surface area contributed by atoms with E-state index in [0.29, 0.717) is 24.4 Å². The predicted octanol–water partition coefficient (Wildman–Crippen LogP) is 2.47. The maximum Gasteiger partial charge on any atom is 0.253 e. The molecule has 6 heteroatoms. The van der Waals surface area contributed by atoms with Gasteiger partial charge in [-0.25, -0.2) is 0 Å². The summed E-state index contributed by atoms with van der Waals surface area (Å²) in [6.45, 7) is 4.75. The van der Waals surface area contributed by atoms with Gasteiger partial charge in [-0.05, 0) is 55.3 Å². The second-order valence-electron chi connectivity index (χ2n) is 6.73. The Labute approximate surface area is 159 Å². The second-order valence-corrected chi connectivity index (χ2v) is 6.73. The van der Waals surface area contributed by atoms with E-state index >= 15 is 0 Å². The number of carbonyl (C=O) groups excluding carboxylic acids is 2. The summed E-state index contributed by atoms with van der Waals surface area (Å²) in [7, 11) is 1.56. The number of carbonyl (C=O) groups is 2. The summed E-state index contributed by atoms with van der Waals surface area (Å²) in [5.74, 6) is 0.353. The Morgan fingerprint density at radius 3 is 2.67 bits per heavy atom. The van der Waals surface area contributed by atoms with Crippen molar-refractivity contribution in [2.45, 2.75) is 20.0 Å². The SMILES string of the molecule is COc1cccc(C(=O)NCC2CN(c3cc(C)cc(C)c3)C(=O)CO2)c1. The molecule has 0 bridgehead atoms. The minimum absolute atomic E-state index is 0.00663. The summed E-state index contributed by atoms with van der Waals surface area (Å²) in [6, 6.07) is 13.0. The molecule has 1 atom stereocenters. The zero-order valence-electron chi connectivity index (χ0n) is 15.8.